The van der Waals surface area contributed by atoms with Gasteiger partial charge in [0.05, 0.1) is 33.7 Å². The summed E-state index contributed by atoms with van der Waals surface area (Å²) in [5.41, 5.74) is 2.96. The lowest BCUT2D eigenvalue weighted by Crippen LogP contribution is -2.32. The maximum atomic E-state index is 14.4. The van der Waals surface area contributed by atoms with E-state index < -0.39 is 35.8 Å². The average Bonchev–Trinajstić information content (AvgIpc) is 3.42. The van der Waals surface area contributed by atoms with Crippen molar-refractivity contribution in [3.05, 3.63) is 87.8 Å². The van der Waals surface area contributed by atoms with Gasteiger partial charge in [-0.05, 0) is 102 Å². The van der Waals surface area contributed by atoms with Crippen LogP contribution >= 0.6 is 23.2 Å². The number of carbonyl (C=O) groups is 3. The number of aromatic nitrogens is 2. The monoisotopic (exact) mass is 790 g/mol. The van der Waals surface area contributed by atoms with Crippen LogP contribution in [0.25, 0.3) is 11.0 Å². The van der Waals surface area contributed by atoms with Gasteiger partial charge in [0, 0.05) is 22.2 Å². The van der Waals surface area contributed by atoms with E-state index in [1.165, 1.54) is 12.3 Å². The van der Waals surface area contributed by atoms with Crippen molar-refractivity contribution in [2.24, 2.45) is 5.16 Å². The molecule has 2 heterocycles. The van der Waals surface area contributed by atoms with Crippen LogP contribution in [0.15, 0.2) is 77.1 Å². The minimum Gasteiger partial charge on any atom is -0.479 e. The summed E-state index contributed by atoms with van der Waals surface area (Å²) in [6, 6.07) is 14.3. The molecular weight excluding hydrogens is 754 g/mol. The zero-order chi connectivity index (χ0) is 39.6. The number of anilines is 1. The van der Waals surface area contributed by atoms with E-state index >= 15 is 0 Å². The Morgan fingerprint density at radius 1 is 0.945 bits per heavy atom. The standard InChI is InChI=1S/C22H22ClN3O5.C18H15ClFNO3/c1-14(2)26-29-11-10-28-22(27)15(3)30-17-5-7-18(8-6-17)31-21-13-24-20-12-16(23)4-9-19(20)25-21;1-3-10(2)24-16-9-15(14(20)8-13(16)19)21-17(22)11-6-4-5-7-12(11)18(21)23/h4-9,12-13,15H,10-11H2,1-3H3;1,8-10H,4-7H2,2H3/t15-;/m1./s1. The van der Waals surface area contributed by atoms with Gasteiger partial charge in [-0.3, -0.25) is 9.59 Å². The average molecular weight is 792 g/mol. The van der Waals surface area contributed by atoms with E-state index in [1.54, 1.807) is 56.3 Å². The van der Waals surface area contributed by atoms with Crippen molar-refractivity contribution in [1.82, 2.24) is 9.97 Å². The molecule has 0 N–H and O–H groups in total. The molecule has 0 fully saturated rings. The fraction of sp³-hybridized carbons (Fsp3) is 0.300. The van der Waals surface area contributed by atoms with Gasteiger partial charge < -0.3 is 23.8 Å². The highest BCUT2D eigenvalue weighted by atomic mass is 35.5. The summed E-state index contributed by atoms with van der Waals surface area (Å²) in [7, 11) is 0. The number of ether oxygens (including phenoxy) is 4. The first-order valence-electron chi connectivity index (χ1n) is 17.2. The number of esters is 1. The van der Waals surface area contributed by atoms with Crippen molar-refractivity contribution in [3.63, 3.8) is 0 Å². The predicted octanol–water partition coefficient (Wildman–Crippen LogP) is 8.42. The Bertz CT molecular complexity index is 2160. The third-order valence-corrected chi connectivity index (χ3v) is 8.54. The molecule has 3 aromatic carbocycles. The predicted molar refractivity (Wildman–Crippen MR) is 205 cm³/mol. The van der Waals surface area contributed by atoms with Crippen molar-refractivity contribution in [2.45, 2.75) is 65.6 Å². The molecule has 0 saturated carbocycles. The van der Waals surface area contributed by atoms with Crippen molar-refractivity contribution >= 4 is 63.4 Å². The van der Waals surface area contributed by atoms with Crippen LogP contribution in [-0.4, -0.2) is 58.9 Å². The number of hydrogen-bond acceptors (Lipinski definition) is 11. The summed E-state index contributed by atoms with van der Waals surface area (Å²) in [4.78, 5) is 51.6. The first-order chi connectivity index (χ1) is 26.3. The lowest BCUT2D eigenvalue weighted by molar-refractivity contribution is -0.152. The molecule has 1 aliphatic carbocycles. The van der Waals surface area contributed by atoms with E-state index in [4.69, 9.17) is 53.4 Å². The Labute approximate surface area is 327 Å². The minimum atomic E-state index is -0.777. The number of benzene rings is 3. The summed E-state index contributed by atoms with van der Waals surface area (Å²) in [5, 5.41) is 4.38. The van der Waals surface area contributed by atoms with E-state index in [2.05, 4.69) is 21.0 Å². The van der Waals surface area contributed by atoms with Gasteiger partial charge in [-0.1, -0.05) is 34.3 Å². The minimum absolute atomic E-state index is 0.0233. The summed E-state index contributed by atoms with van der Waals surface area (Å²) >= 11 is 11.9. The van der Waals surface area contributed by atoms with E-state index in [0.29, 0.717) is 57.4 Å². The number of oxime groups is 1. The smallest absolute Gasteiger partial charge is 0.347 e. The summed E-state index contributed by atoms with van der Waals surface area (Å²) in [6.07, 6.45) is 8.22. The van der Waals surface area contributed by atoms with Gasteiger partial charge in [-0.25, -0.2) is 24.1 Å². The fourth-order valence-corrected chi connectivity index (χ4v) is 5.77. The van der Waals surface area contributed by atoms with Gasteiger partial charge in [0.2, 0.25) is 5.88 Å². The largest absolute Gasteiger partial charge is 0.479 e. The van der Waals surface area contributed by atoms with Crippen LogP contribution in [-0.2, 0) is 24.0 Å². The molecular formula is C40H37Cl2FN4O8. The number of halogens is 3. The molecule has 12 nitrogen and oxygen atoms in total. The van der Waals surface area contributed by atoms with Crippen LogP contribution in [0.3, 0.4) is 0 Å². The second-order valence-electron chi connectivity index (χ2n) is 12.5. The van der Waals surface area contributed by atoms with Crippen LogP contribution in [0.5, 0.6) is 23.1 Å². The second kappa shape index (κ2) is 18.6. The molecule has 1 aromatic heterocycles. The summed E-state index contributed by atoms with van der Waals surface area (Å²) < 4.78 is 36.3. The first-order valence-corrected chi connectivity index (χ1v) is 18.0. The zero-order valence-corrected chi connectivity index (χ0v) is 31.9. The van der Waals surface area contributed by atoms with E-state index in [-0.39, 0.29) is 29.7 Å². The molecule has 286 valence electrons. The molecule has 0 radical (unpaired) electrons. The van der Waals surface area contributed by atoms with Gasteiger partial charge in [0.1, 0.15) is 29.7 Å². The quantitative estimate of drug-likeness (QED) is 0.0343. The van der Waals surface area contributed by atoms with Crippen LogP contribution in [0, 0.1) is 18.2 Å². The highest BCUT2D eigenvalue weighted by Gasteiger charge is 2.41. The summed E-state index contributed by atoms with van der Waals surface area (Å²) in [5.74, 6) is 1.72. The number of hydrogen-bond donors (Lipinski definition) is 0. The fourth-order valence-electron chi connectivity index (χ4n) is 5.41. The lowest BCUT2D eigenvalue weighted by atomic mass is 9.93. The molecule has 2 aliphatic rings. The third-order valence-electron chi connectivity index (χ3n) is 8.01. The topological polar surface area (TPSA) is 139 Å². The van der Waals surface area contributed by atoms with Gasteiger partial charge >= 0.3 is 5.97 Å². The van der Waals surface area contributed by atoms with Crippen LogP contribution < -0.4 is 19.1 Å². The Balaban J connectivity index is 0.000000218. The zero-order valence-electron chi connectivity index (χ0n) is 30.4. The Kier molecular flexibility index (Phi) is 13.7. The molecule has 0 bridgehead atoms. The van der Waals surface area contributed by atoms with Crippen LogP contribution in [0.1, 0.15) is 53.4 Å². The number of terminal acetylenes is 1. The molecule has 0 spiro atoms. The Hall–Kier alpha value is -5.71. The molecule has 1 unspecified atom stereocenters. The number of nitrogens with zero attached hydrogens (tertiary/aromatic N) is 4. The van der Waals surface area contributed by atoms with Crippen LogP contribution in [0.2, 0.25) is 10.0 Å². The Morgan fingerprint density at radius 3 is 2.27 bits per heavy atom. The maximum Gasteiger partial charge on any atom is 0.347 e. The van der Waals surface area contributed by atoms with Crippen molar-refractivity contribution in [1.29, 1.82) is 0 Å². The SMILES string of the molecule is C#CC(C)Oc1cc(N2C(=O)C3=C(CCCC3)C2=O)c(F)cc1Cl.CC(C)=NOCCOC(=O)[C@@H](C)Oc1ccc(Oc2cnc3cc(Cl)ccc3n2)cc1. The third kappa shape index (κ3) is 10.5. The number of carbonyl (C=O) groups excluding carboxylic acids is 3. The lowest BCUT2D eigenvalue weighted by Gasteiger charge is -2.19. The van der Waals surface area contributed by atoms with E-state index in [9.17, 15) is 18.8 Å². The summed E-state index contributed by atoms with van der Waals surface area (Å²) in [6.45, 7) is 7.13. The highest BCUT2D eigenvalue weighted by molar-refractivity contribution is 6.34. The molecule has 2 amide bonds. The normalized spacial score (nSPS) is 14.5. The molecule has 2 atom stereocenters. The number of fused-ring (bicyclic) bond motifs is 1. The van der Waals surface area contributed by atoms with Crippen molar-refractivity contribution < 1.29 is 42.6 Å². The van der Waals surface area contributed by atoms with E-state index in [0.717, 1.165) is 29.5 Å². The van der Waals surface area contributed by atoms with Crippen molar-refractivity contribution in [3.8, 4) is 35.5 Å². The van der Waals surface area contributed by atoms with Gasteiger partial charge in [-0.2, -0.15) is 0 Å². The number of rotatable bonds is 12. The maximum absolute atomic E-state index is 14.4. The van der Waals surface area contributed by atoms with Gasteiger partial charge in [-0.15, -0.1) is 6.42 Å². The number of amides is 2. The second-order valence-corrected chi connectivity index (χ2v) is 13.3. The van der Waals surface area contributed by atoms with Crippen LogP contribution in [0.4, 0.5) is 10.1 Å². The van der Waals surface area contributed by atoms with Crippen molar-refractivity contribution in [2.75, 3.05) is 18.1 Å². The molecule has 1 aliphatic heterocycles. The van der Waals surface area contributed by atoms with E-state index in [1.807, 2.05) is 13.8 Å². The molecule has 55 heavy (non-hydrogen) atoms. The Morgan fingerprint density at radius 2 is 1.62 bits per heavy atom. The molecule has 4 aromatic rings. The highest BCUT2D eigenvalue weighted by Crippen LogP contribution is 2.39. The van der Waals surface area contributed by atoms with Gasteiger partial charge in [0.15, 0.2) is 18.8 Å². The molecule has 15 heteroatoms. The molecule has 0 saturated heterocycles. The number of imide groups is 1. The van der Waals surface area contributed by atoms with Gasteiger partial charge in [0.25, 0.3) is 11.8 Å². The molecule has 6 rings (SSSR count). The first kappa shape index (κ1) is 40.5.